The molecule has 0 saturated carbocycles. The largest absolute Gasteiger partial charge is 0.365 e. The quantitative estimate of drug-likeness (QED) is 0.622. The Labute approximate surface area is 131 Å². The summed E-state index contributed by atoms with van der Waals surface area (Å²) in [5.74, 6) is -0.487. The predicted molar refractivity (Wildman–Crippen MR) is 82.2 cm³/mol. The maximum atomic E-state index is 11.9. The molecule has 0 amide bonds. The molecule has 1 aliphatic rings. The first-order valence-electron chi connectivity index (χ1n) is 6.63. The molecule has 1 aliphatic heterocycles. The van der Waals surface area contributed by atoms with Crippen molar-refractivity contribution in [1.82, 2.24) is 0 Å². The Morgan fingerprint density at radius 2 is 1.95 bits per heavy atom. The number of hydrogen-bond donors (Lipinski definition) is 0. The summed E-state index contributed by atoms with van der Waals surface area (Å²) in [5.41, 5.74) is 2.07. The van der Waals surface area contributed by atoms with E-state index in [-0.39, 0.29) is 5.75 Å². The molecule has 1 aromatic heterocycles. The van der Waals surface area contributed by atoms with Crippen molar-refractivity contribution in [3.05, 3.63) is 57.8 Å². The zero-order chi connectivity index (χ0) is 15.7. The second kappa shape index (κ2) is 5.66. The second-order valence-corrected chi connectivity index (χ2v) is 8.20. The first-order valence-corrected chi connectivity index (χ1v) is 9.16. The highest BCUT2D eigenvalue weighted by molar-refractivity contribution is 7.93. The van der Waals surface area contributed by atoms with Crippen LogP contribution in [0.2, 0.25) is 0 Å². The number of sulfone groups is 1. The molecule has 0 atom stereocenters. The molecule has 1 aromatic carbocycles. The molecule has 5 nitrogen and oxygen atoms in total. The van der Waals surface area contributed by atoms with Gasteiger partial charge in [0.2, 0.25) is 0 Å². The minimum Gasteiger partial charge on any atom is -0.312 e. The van der Waals surface area contributed by atoms with Crippen molar-refractivity contribution < 1.29 is 18.0 Å². The van der Waals surface area contributed by atoms with Crippen LogP contribution in [0, 0.1) is 6.92 Å². The molecule has 0 bridgehead atoms. The Morgan fingerprint density at radius 1 is 1.23 bits per heavy atom. The Bertz CT molecular complexity index is 896. The van der Waals surface area contributed by atoms with Gasteiger partial charge in [-0.15, -0.1) is 11.3 Å². The lowest BCUT2D eigenvalue weighted by molar-refractivity contribution is 0.0497. The Hall–Kier alpha value is -1.99. The molecule has 22 heavy (non-hydrogen) atoms. The first kappa shape index (κ1) is 14.9. The van der Waals surface area contributed by atoms with E-state index >= 15 is 0 Å². The molecule has 2 aromatic rings. The molecular formula is C15H13NO4S2. The summed E-state index contributed by atoms with van der Waals surface area (Å²) < 4.78 is 24.0. The fourth-order valence-electron chi connectivity index (χ4n) is 2.18. The topological polar surface area (TPSA) is 72.8 Å². The van der Waals surface area contributed by atoms with Crippen LogP contribution in [0.5, 0.6) is 0 Å². The molecule has 0 aliphatic carbocycles. The Balaban J connectivity index is 1.90. The van der Waals surface area contributed by atoms with Gasteiger partial charge < -0.3 is 4.84 Å². The fourth-order valence-corrected chi connectivity index (χ4v) is 5.09. The van der Waals surface area contributed by atoms with Crippen molar-refractivity contribution in [1.29, 1.82) is 0 Å². The third-order valence-corrected chi connectivity index (χ3v) is 6.71. The lowest BCUT2D eigenvalue weighted by atomic mass is 10.2. The van der Waals surface area contributed by atoms with Gasteiger partial charge in [-0.05, 0) is 36.9 Å². The molecule has 7 heteroatoms. The molecule has 2 heterocycles. The minimum absolute atomic E-state index is 0.0806. The van der Waals surface area contributed by atoms with Gasteiger partial charge in [-0.25, -0.2) is 13.2 Å². The molecule has 3 rings (SSSR count). The number of nitrogens with zero attached hydrogens (tertiary/aromatic N) is 1. The SMILES string of the molecule is Cc1ccc(C(=O)O/N=c2\ccsc3c2CCS3(=O)=O)cc1. The number of fused-ring (bicyclic) bond motifs is 1. The molecule has 0 spiro atoms. The number of rotatable bonds is 2. The van der Waals surface area contributed by atoms with Gasteiger partial charge >= 0.3 is 5.97 Å². The number of aryl methyl sites for hydroxylation is 1. The molecule has 0 unspecified atom stereocenters. The molecular weight excluding hydrogens is 322 g/mol. The van der Waals surface area contributed by atoms with Crippen molar-refractivity contribution in [3.63, 3.8) is 0 Å². The molecule has 0 radical (unpaired) electrons. The van der Waals surface area contributed by atoms with Crippen LogP contribution in [0.4, 0.5) is 0 Å². The van der Waals surface area contributed by atoms with Gasteiger partial charge in [0.05, 0.1) is 11.3 Å². The highest BCUT2D eigenvalue weighted by Gasteiger charge is 2.28. The van der Waals surface area contributed by atoms with Crippen molar-refractivity contribution in [2.45, 2.75) is 17.6 Å². The Kier molecular flexibility index (Phi) is 3.84. The van der Waals surface area contributed by atoms with E-state index in [0.29, 0.717) is 27.1 Å². The van der Waals surface area contributed by atoms with E-state index < -0.39 is 15.8 Å². The standard InChI is InChI=1S/C15H13NO4S2/c1-10-2-4-11(5-3-10)14(17)20-16-13-6-8-21-15-12(13)7-9-22(15,18)19/h2-6,8H,7,9H2,1H3/b16-13+. The molecule has 0 fully saturated rings. The van der Waals surface area contributed by atoms with E-state index in [0.717, 1.165) is 5.56 Å². The van der Waals surface area contributed by atoms with Crippen LogP contribution >= 0.6 is 11.3 Å². The number of hydrogen-bond acceptors (Lipinski definition) is 6. The van der Waals surface area contributed by atoms with Gasteiger partial charge in [0, 0.05) is 5.56 Å². The van der Waals surface area contributed by atoms with Crippen LogP contribution in [0.15, 0.2) is 45.1 Å². The Morgan fingerprint density at radius 3 is 2.68 bits per heavy atom. The summed E-state index contributed by atoms with van der Waals surface area (Å²) in [6.45, 7) is 1.92. The first-order chi connectivity index (χ1) is 10.5. The van der Waals surface area contributed by atoms with E-state index in [4.69, 9.17) is 4.84 Å². The third-order valence-electron chi connectivity index (χ3n) is 3.37. The molecule has 0 N–H and O–H groups in total. The lowest BCUT2D eigenvalue weighted by Crippen LogP contribution is -2.11. The average molecular weight is 335 g/mol. The van der Waals surface area contributed by atoms with E-state index in [2.05, 4.69) is 5.16 Å². The van der Waals surface area contributed by atoms with Crippen LogP contribution in [-0.2, 0) is 21.1 Å². The van der Waals surface area contributed by atoms with Crippen molar-refractivity contribution in [2.24, 2.45) is 5.16 Å². The van der Waals surface area contributed by atoms with Gasteiger partial charge in [0.15, 0.2) is 9.84 Å². The predicted octanol–water partition coefficient (Wildman–Crippen LogP) is 2.06. The number of carbonyl (C=O) groups is 1. The molecule has 0 saturated heterocycles. The van der Waals surface area contributed by atoms with E-state index in [9.17, 15) is 13.2 Å². The van der Waals surface area contributed by atoms with E-state index in [1.54, 1.807) is 23.6 Å². The van der Waals surface area contributed by atoms with Crippen LogP contribution in [0.25, 0.3) is 0 Å². The fraction of sp³-hybridized carbons (Fsp3) is 0.200. The van der Waals surface area contributed by atoms with Crippen LogP contribution in [0.3, 0.4) is 0 Å². The summed E-state index contributed by atoms with van der Waals surface area (Å²) in [6, 6.07) is 8.60. The maximum absolute atomic E-state index is 11.9. The summed E-state index contributed by atoms with van der Waals surface area (Å²) in [5, 5.41) is 5.87. The molecule has 114 valence electrons. The highest BCUT2D eigenvalue weighted by Crippen LogP contribution is 2.26. The monoisotopic (exact) mass is 335 g/mol. The minimum atomic E-state index is -3.21. The maximum Gasteiger partial charge on any atom is 0.365 e. The highest BCUT2D eigenvalue weighted by atomic mass is 32.2. The summed E-state index contributed by atoms with van der Waals surface area (Å²) in [7, 11) is -3.21. The summed E-state index contributed by atoms with van der Waals surface area (Å²) >= 11 is 1.17. The van der Waals surface area contributed by atoms with Crippen molar-refractivity contribution >= 4 is 27.1 Å². The van der Waals surface area contributed by atoms with Gasteiger partial charge in [-0.1, -0.05) is 22.9 Å². The van der Waals surface area contributed by atoms with Crippen molar-refractivity contribution in [2.75, 3.05) is 5.75 Å². The normalized spacial score (nSPS) is 16.3. The van der Waals surface area contributed by atoms with Gasteiger partial charge in [-0.2, -0.15) is 0 Å². The summed E-state index contributed by atoms with van der Waals surface area (Å²) in [6.07, 6.45) is 0.399. The van der Waals surface area contributed by atoms with Gasteiger partial charge in [0.1, 0.15) is 9.57 Å². The average Bonchev–Trinajstić information content (AvgIpc) is 2.82. The lowest BCUT2D eigenvalue weighted by Gasteiger charge is -2.00. The van der Waals surface area contributed by atoms with Gasteiger partial charge in [0.25, 0.3) is 0 Å². The zero-order valence-corrected chi connectivity index (χ0v) is 13.4. The summed E-state index contributed by atoms with van der Waals surface area (Å²) in [4.78, 5) is 16.9. The van der Waals surface area contributed by atoms with E-state index in [1.165, 1.54) is 11.3 Å². The van der Waals surface area contributed by atoms with E-state index in [1.807, 2.05) is 19.1 Å². The zero-order valence-electron chi connectivity index (χ0n) is 11.8. The number of benzene rings is 1. The van der Waals surface area contributed by atoms with Crippen LogP contribution < -0.4 is 5.36 Å². The van der Waals surface area contributed by atoms with Crippen molar-refractivity contribution in [3.8, 4) is 0 Å². The second-order valence-electron chi connectivity index (χ2n) is 4.98. The number of carbonyl (C=O) groups excluding carboxylic acids is 1. The smallest absolute Gasteiger partial charge is 0.312 e. The van der Waals surface area contributed by atoms with Gasteiger partial charge in [-0.3, -0.25) is 0 Å². The van der Waals surface area contributed by atoms with Crippen LogP contribution in [0.1, 0.15) is 21.5 Å². The van der Waals surface area contributed by atoms with Crippen LogP contribution in [-0.4, -0.2) is 20.1 Å². The third kappa shape index (κ3) is 2.82.